The second-order valence-electron chi connectivity index (χ2n) is 7.25. The van der Waals surface area contributed by atoms with Gasteiger partial charge in [0.2, 0.25) is 0 Å². The second-order valence-corrected chi connectivity index (χ2v) is 7.25. The fraction of sp³-hybridized carbons (Fsp3) is 0.700. The zero-order valence-electron chi connectivity index (χ0n) is 16.4. The first kappa shape index (κ1) is 19.9. The number of pyridine rings is 1. The van der Waals surface area contributed by atoms with Gasteiger partial charge < -0.3 is 25.0 Å². The van der Waals surface area contributed by atoms with Crippen molar-refractivity contribution in [2.75, 3.05) is 58.0 Å². The van der Waals surface area contributed by atoms with Crippen molar-refractivity contribution in [1.29, 1.82) is 0 Å². The first-order chi connectivity index (χ1) is 13.3. The first-order valence-electron chi connectivity index (χ1n) is 10.1. The van der Waals surface area contributed by atoms with Crippen LogP contribution in [0.4, 0.5) is 5.82 Å². The number of hydrogen-bond donors (Lipinski definition) is 2. The Kier molecular flexibility index (Phi) is 8.17. The molecule has 3 rings (SSSR count). The predicted molar refractivity (Wildman–Crippen MR) is 108 cm³/mol. The van der Waals surface area contributed by atoms with Gasteiger partial charge >= 0.3 is 0 Å². The van der Waals surface area contributed by atoms with Crippen LogP contribution in [0.3, 0.4) is 0 Å². The normalized spacial score (nSPS) is 21.4. The van der Waals surface area contributed by atoms with E-state index in [1.165, 1.54) is 0 Å². The molecular weight excluding hydrogens is 342 g/mol. The van der Waals surface area contributed by atoms with Gasteiger partial charge in [-0.15, -0.1) is 0 Å². The van der Waals surface area contributed by atoms with E-state index in [1.54, 1.807) is 0 Å². The number of rotatable bonds is 8. The lowest BCUT2D eigenvalue weighted by molar-refractivity contribution is 0.0888. The summed E-state index contributed by atoms with van der Waals surface area (Å²) in [5.41, 5.74) is 0. The number of aromatic nitrogens is 1. The third kappa shape index (κ3) is 6.66. The molecule has 1 aromatic heterocycles. The quantitative estimate of drug-likeness (QED) is 0.409. The maximum atomic E-state index is 5.75. The zero-order chi connectivity index (χ0) is 18.7. The van der Waals surface area contributed by atoms with Crippen molar-refractivity contribution in [3.8, 4) is 0 Å². The van der Waals surface area contributed by atoms with Gasteiger partial charge in [-0.1, -0.05) is 6.07 Å². The number of piperidine rings is 1. The smallest absolute Gasteiger partial charge is 0.191 e. The monoisotopic (exact) mass is 375 g/mol. The Labute approximate surface area is 162 Å². The van der Waals surface area contributed by atoms with Crippen LogP contribution in [0.15, 0.2) is 29.4 Å². The molecule has 1 atom stereocenters. The summed E-state index contributed by atoms with van der Waals surface area (Å²) in [6.45, 7) is 6.25. The van der Waals surface area contributed by atoms with Gasteiger partial charge in [-0.2, -0.15) is 0 Å². The molecule has 2 N–H and O–H groups in total. The van der Waals surface area contributed by atoms with Crippen molar-refractivity contribution >= 4 is 11.8 Å². The fourth-order valence-electron chi connectivity index (χ4n) is 3.53. The Morgan fingerprint density at radius 2 is 2.22 bits per heavy atom. The maximum Gasteiger partial charge on any atom is 0.191 e. The number of guanidine groups is 1. The Morgan fingerprint density at radius 1 is 1.33 bits per heavy atom. The number of aliphatic imine (C=N–C) groups is 1. The molecule has 27 heavy (non-hydrogen) atoms. The van der Waals surface area contributed by atoms with Gasteiger partial charge in [0.25, 0.3) is 0 Å². The molecule has 0 spiro atoms. The molecule has 0 aliphatic carbocycles. The summed E-state index contributed by atoms with van der Waals surface area (Å²) in [5, 5.41) is 6.94. The summed E-state index contributed by atoms with van der Waals surface area (Å²) in [7, 11) is 1.83. The molecule has 0 bridgehead atoms. The van der Waals surface area contributed by atoms with Gasteiger partial charge in [0, 0.05) is 58.1 Å². The lowest BCUT2D eigenvalue weighted by atomic mass is 10.1. The van der Waals surface area contributed by atoms with Crippen LogP contribution in [0, 0.1) is 5.92 Å². The molecule has 7 heteroatoms. The standard InChI is InChI=1S/C20H33N5O2/c1-21-20(23-10-4-13-26-15-17-8-14-27-16-17)24-18-6-11-25(12-7-18)19-5-2-3-9-22-19/h2-3,5,9,17-18H,4,6-8,10-16H2,1H3,(H2,21,23,24). The molecule has 150 valence electrons. The van der Waals surface area contributed by atoms with Crippen LogP contribution < -0.4 is 15.5 Å². The molecule has 0 saturated carbocycles. The van der Waals surface area contributed by atoms with Crippen molar-refractivity contribution < 1.29 is 9.47 Å². The van der Waals surface area contributed by atoms with Gasteiger partial charge in [0.1, 0.15) is 5.82 Å². The third-order valence-corrected chi connectivity index (χ3v) is 5.17. The molecule has 0 amide bonds. The van der Waals surface area contributed by atoms with Crippen LogP contribution in [-0.4, -0.2) is 70.1 Å². The van der Waals surface area contributed by atoms with Crippen molar-refractivity contribution in [2.24, 2.45) is 10.9 Å². The minimum atomic E-state index is 0.453. The van der Waals surface area contributed by atoms with Crippen LogP contribution in [0.2, 0.25) is 0 Å². The Bertz CT molecular complexity index is 555. The van der Waals surface area contributed by atoms with Gasteiger partial charge in [0.15, 0.2) is 5.96 Å². The number of nitrogens with one attached hydrogen (secondary N) is 2. The van der Waals surface area contributed by atoms with Crippen molar-refractivity contribution in [3.05, 3.63) is 24.4 Å². The third-order valence-electron chi connectivity index (χ3n) is 5.17. The molecule has 3 heterocycles. The van der Waals surface area contributed by atoms with Crippen LogP contribution in [0.25, 0.3) is 0 Å². The van der Waals surface area contributed by atoms with E-state index in [4.69, 9.17) is 9.47 Å². The van der Waals surface area contributed by atoms with Crippen molar-refractivity contribution in [3.63, 3.8) is 0 Å². The van der Waals surface area contributed by atoms with E-state index in [1.807, 2.05) is 25.4 Å². The van der Waals surface area contributed by atoms with Gasteiger partial charge in [-0.05, 0) is 37.8 Å². The van der Waals surface area contributed by atoms with E-state index >= 15 is 0 Å². The molecule has 2 aliphatic heterocycles. The summed E-state index contributed by atoms with van der Waals surface area (Å²) < 4.78 is 11.1. The lowest BCUT2D eigenvalue weighted by Crippen LogP contribution is -2.49. The number of anilines is 1. The fourth-order valence-corrected chi connectivity index (χ4v) is 3.53. The van der Waals surface area contributed by atoms with E-state index in [0.29, 0.717) is 12.0 Å². The second kappa shape index (κ2) is 11.1. The largest absolute Gasteiger partial charge is 0.381 e. The van der Waals surface area contributed by atoms with Crippen molar-refractivity contribution in [1.82, 2.24) is 15.6 Å². The van der Waals surface area contributed by atoms with Crippen LogP contribution >= 0.6 is 0 Å². The van der Waals surface area contributed by atoms with Gasteiger partial charge in [-0.3, -0.25) is 4.99 Å². The average Bonchev–Trinajstić information content (AvgIpc) is 3.24. The molecule has 1 unspecified atom stereocenters. The zero-order valence-corrected chi connectivity index (χ0v) is 16.4. The maximum absolute atomic E-state index is 5.75. The minimum absolute atomic E-state index is 0.453. The summed E-state index contributed by atoms with van der Waals surface area (Å²) in [6, 6.07) is 6.54. The number of hydrogen-bond acceptors (Lipinski definition) is 5. The molecule has 0 aromatic carbocycles. The van der Waals surface area contributed by atoms with E-state index in [0.717, 1.165) is 83.5 Å². The summed E-state index contributed by atoms with van der Waals surface area (Å²) in [5.74, 6) is 2.54. The van der Waals surface area contributed by atoms with Crippen LogP contribution in [0.5, 0.6) is 0 Å². The van der Waals surface area contributed by atoms with E-state index in [9.17, 15) is 0 Å². The van der Waals surface area contributed by atoms with Gasteiger partial charge in [-0.25, -0.2) is 4.98 Å². The summed E-state index contributed by atoms with van der Waals surface area (Å²) >= 11 is 0. The van der Waals surface area contributed by atoms with E-state index < -0.39 is 0 Å². The average molecular weight is 376 g/mol. The van der Waals surface area contributed by atoms with E-state index in [2.05, 4.69) is 31.6 Å². The highest BCUT2D eigenvalue weighted by molar-refractivity contribution is 5.79. The topological polar surface area (TPSA) is 71.0 Å². The molecule has 2 saturated heterocycles. The molecular formula is C20H33N5O2. The summed E-state index contributed by atoms with van der Waals surface area (Å²) in [6.07, 6.45) is 6.14. The minimum Gasteiger partial charge on any atom is -0.381 e. The molecule has 1 aromatic rings. The van der Waals surface area contributed by atoms with Crippen molar-refractivity contribution in [2.45, 2.75) is 31.7 Å². The molecule has 2 fully saturated rings. The number of ether oxygens (including phenoxy) is 2. The molecule has 2 aliphatic rings. The Hall–Kier alpha value is -1.86. The van der Waals surface area contributed by atoms with E-state index in [-0.39, 0.29) is 0 Å². The van der Waals surface area contributed by atoms with Crippen LogP contribution in [0.1, 0.15) is 25.7 Å². The van der Waals surface area contributed by atoms with Crippen LogP contribution in [-0.2, 0) is 9.47 Å². The number of nitrogens with zero attached hydrogens (tertiary/aromatic N) is 3. The lowest BCUT2D eigenvalue weighted by Gasteiger charge is -2.33. The molecule has 7 nitrogen and oxygen atoms in total. The first-order valence-corrected chi connectivity index (χ1v) is 10.1. The SMILES string of the molecule is CN=C(NCCCOCC1CCOC1)NC1CCN(c2ccccn2)CC1. The highest BCUT2D eigenvalue weighted by atomic mass is 16.5. The Morgan fingerprint density at radius 3 is 2.93 bits per heavy atom. The molecule has 0 radical (unpaired) electrons. The Balaban J connectivity index is 1.27. The highest BCUT2D eigenvalue weighted by Gasteiger charge is 2.20. The predicted octanol–water partition coefficient (Wildman–Crippen LogP) is 1.66. The van der Waals surface area contributed by atoms with Gasteiger partial charge in [0.05, 0.1) is 13.2 Å². The highest BCUT2D eigenvalue weighted by Crippen LogP contribution is 2.17. The summed E-state index contributed by atoms with van der Waals surface area (Å²) in [4.78, 5) is 11.1.